The maximum atomic E-state index is 13.0. The number of halogens is 2. The maximum absolute atomic E-state index is 13.0. The third kappa shape index (κ3) is 2.97. The summed E-state index contributed by atoms with van der Waals surface area (Å²) in [6.07, 6.45) is -1.92. The molecule has 7 heteroatoms. The molecular formula is C10H10BrFO4S. The molecule has 0 saturated carbocycles. The van der Waals surface area contributed by atoms with Crippen LogP contribution in [0.25, 0.3) is 0 Å². The van der Waals surface area contributed by atoms with Gasteiger partial charge in [-0.1, -0.05) is 0 Å². The van der Waals surface area contributed by atoms with Crippen molar-refractivity contribution in [2.45, 2.75) is 12.2 Å². The summed E-state index contributed by atoms with van der Waals surface area (Å²) >= 11 is 3.16. The number of rotatable bonds is 2. The van der Waals surface area contributed by atoms with Gasteiger partial charge in [-0.25, -0.2) is 12.8 Å². The summed E-state index contributed by atoms with van der Waals surface area (Å²) in [5.41, 5.74) is 0. The van der Waals surface area contributed by atoms with Crippen LogP contribution in [0.15, 0.2) is 22.7 Å². The lowest BCUT2D eigenvalue weighted by atomic mass is 10.2. The van der Waals surface area contributed by atoms with E-state index < -0.39 is 27.9 Å². The first kappa shape index (κ1) is 12.8. The van der Waals surface area contributed by atoms with E-state index in [-0.39, 0.29) is 17.3 Å². The molecule has 4 nitrogen and oxygen atoms in total. The van der Waals surface area contributed by atoms with Crippen LogP contribution in [0, 0.1) is 5.82 Å². The van der Waals surface area contributed by atoms with E-state index in [1.54, 1.807) is 0 Å². The Bertz CT molecular complexity index is 531. The van der Waals surface area contributed by atoms with E-state index in [2.05, 4.69) is 15.9 Å². The minimum atomic E-state index is -3.27. The van der Waals surface area contributed by atoms with Crippen LogP contribution in [0.4, 0.5) is 4.39 Å². The van der Waals surface area contributed by atoms with Crippen LogP contribution in [0.5, 0.6) is 5.75 Å². The summed E-state index contributed by atoms with van der Waals surface area (Å²) in [5.74, 6) is -0.869. The number of benzene rings is 1. The van der Waals surface area contributed by atoms with Crippen LogP contribution in [0.2, 0.25) is 0 Å². The van der Waals surface area contributed by atoms with E-state index >= 15 is 0 Å². The average molecular weight is 325 g/mol. The lowest BCUT2D eigenvalue weighted by molar-refractivity contribution is 0.0730. The maximum Gasteiger partial charge on any atom is 0.156 e. The Hall–Kier alpha value is -0.660. The fourth-order valence-electron chi connectivity index (χ4n) is 1.64. The molecule has 1 fully saturated rings. The van der Waals surface area contributed by atoms with Gasteiger partial charge in [0.1, 0.15) is 23.8 Å². The van der Waals surface area contributed by atoms with E-state index in [1.807, 2.05) is 0 Å². The van der Waals surface area contributed by atoms with Gasteiger partial charge in [-0.3, -0.25) is 0 Å². The molecule has 2 unspecified atom stereocenters. The Morgan fingerprint density at radius 1 is 1.41 bits per heavy atom. The fourth-order valence-corrected chi connectivity index (χ4v) is 3.64. The Kier molecular flexibility index (Phi) is 3.42. The highest BCUT2D eigenvalue weighted by molar-refractivity contribution is 9.10. The molecule has 0 spiro atoms. The standard InChI is InChI=1S/C10H10BrFO4S/c11-7-2-1-6(12)3-9(7)16-10-5-17(14,15)4-8(10)13/h1-3,8,10,13H,4-5H2. The molecule has 94 valence electrons. The van der Waals surface area contributed by atoms with Gasteiger partial charge in [0.15, 0.2) is 9.84 Å². The molecule has 0 aliphatic carbocycles. The zero-order chi connectivity index (χ0) is 12.6. The first-order valence-corrected chi connectivity index (χ1v) is 7.49. The van der Waals surface area contributed by atoms with E-state index in [4.69, 9.17) is 4.74 Å². The molecule has 0 aromatic heterocycles. The highest BCUT2D eigenvalue weighted by atomic mass is 79.9. The number of aliphatic hydroxyl groups excluding tert-OH is 1. The fraction of sp³-hybridized carbons (Fsp3) is 0.400. The molecular weight excluding hydrogens is 315 g/mol. The topological polar surface area (TPSA) is 63.6 Å². The second-order valence-electron chi connectivity index (χ2n) is 3.88. The van der Waals surface area contributed by atoms with Crippen molar-refractivity contribution in [1.82, 2.24) is 0 Å². The van der Waals surface area contributed by atoms with Crippen molar-refractivity contribution in [3.63, 3.8) is 0 Å². The van der Waals surface area contributed by atoms with Gasteiger partial charge in [-0.15, -0.1) is 0 Å². The van der Waals surface area contributed by atoms with Gasteiger partial charge in [-0.05, 0) is 28.1 Å². The molecule has 1 heterocycles. The van der Waals surface area contributed by atoms with Crippen molar-refractivity contribution in [2.24, 2.45) is 0 Å². The third-order valence-electron chi connectivity index (χ3n) is 2.44. The third-order valence-corrected chi connectivity index (χ3v) is 4.78. The van der Waals surface area contributed by atoms with Crippen LogP contribution in [0.3, 0.4) is 0 Å². The lowest BCUT2D eigenvalue weighted by Crippen LogP contribution is -2.29. The largest absolute Gasteiger partial charge is 0.485 e. The van der Waals surface area contributed by atoms with Crippen LogP contribution in [-0.4, -0.2) is 37.2 Å². The van der Waals surface area contributed by atoms with Crippen LogP contribution < -0.4 is 4.74 Å². The van der Waals surface area contributed by atoms with Crippen molar-refractivity contribution in [3.8, 4) is 5.75 Å². The van der Waals surface area contributed by atoms with Crippen LogP contribution in [-0.2, 0) is 9.84 Å². The van der Waals surface area contributed by atoms with Crippen molar-refractivity contribution in [1.29, 1.82) is 0 Å². The monoisotopic (exact) mass is 324 g/mol. The Balaban J connectivity index is 2.19. The van der Waals surface area contributed by atoms with Gasteiger partial charge < -0.3 is 9.84 Å². The van der Waals surface area contributed by atoms with Crippen molar-refractivity contribution in [3.05, 3.63) is 28.5 Å². The van der Waals surface area contributed by atoms with Gasteiger partial charge >= 0.3 is 0 Å². The first-order chi connectivity index (χ1) is 7.87. The van der Waals surface area contributed by atoms with E-state index in [1.165, 1.54) is 12.1 Å². The summed E-state index contributed by atoms with van der Waals surface area (Å²) in [5, 5.41) is 9.53. The number of sulfone groups is 1. The molecule has 1 aliphatic heterocycles. The molecule has 1 saturated heterocycles. The molecule has 1 aromatic rings. The zero-order valence-corrected chi connectivity index (χ0v) is 11.0. The number of hydrogen-bond donors (Lipinski definition) is 1. The summed E-state index contributed by atoms with van der Waals surface area (Å²) in [6.45, 7) is 0. The average Bonchev–Trinajstić information content (AvgIpc) is 2.46. The molecule has 1 aromatic carbocycles. The Morgan fingerprint density at radius 3 is 2.71 bits per heavy atom. The van der Waals surface area contributed by atoms with Crippen molar-refractivity contribution < 1.29 is 22.7 Å². The molecule has 17 heavy (non-hydrogen) atoms. The van der Waals surface area contributed by atoms with Gasteiger partial charge in [0, 0.05) is 6.07 Å². The van der Waals surface area contributed by atoms with Crippen LogP contribution >= 0.6 is 15.9 Å². The second-order valence-corrected chi connectivity index (χ2v) is 6.88. The normalized spacial score (nSPS) is 27.0. The number of hydrogen-bond acceptors (Lipinski definition) is 4. The second kappa shape index (κ2) is 4.55. The SMILES string of the molecule is O=S1(=O)CC(O)C(Oc2cc(F)ccc2Br)C1. The molecule has 2 atom stereocenters. The smallest absolute Gasteiger partial charge is 0.156 e. The molecule has 0 bridgehead atoms. The number of ether oxygens (including phenoxy) is 1. The van der Waals surface area contributed by atoms with Gasteiger partial charge in [-0.2, -0.15) is 0 Å². The summed E-state index contributed by atoms with van der Waals surface area (Å²) < 4.78 is 41.4. The predicted octanol–water partition coefficient (Wildman–Crippen LogP) is 1.12. The van der Waals surface area contributed by atoms with Crippen molar-refractivity contribution >= 4 is 25.8 Å². The molecule has 2 rings (SSSR count). The minimum Gasteiger partial charge on any atom is -0.485 e. The van der Waals surface area contributed by atoms with Gasteiger partial charge in [0.25, 0.3) is 0 Å². The van der Waals surface area contributed by atoms with E-state index in [0.29, 0.717) is 4.47 Å². The highest BCUT2D eigenvalue weighted by Gasteiger charge is 2.38. The zero-order valence-electron chi connectivity index (χ0n) is 8.64. The van der Waals surface area contributed by atoms with Crippen molar-refractivity contribution in [2.75, 3.05) is 11.5 Å². The minimum absolute atomic E-state index is 0.186. The molecule has 1 N–H and O–H groups in total. The molecule has 0 amide bonds. The lowest BCUT2D eigenvalue weighted by Gasteiger charge is -2.16. The molecule has 0 radical (unpaired) electrons. The number of aliphatic hydroxyl groups is 1. The van der Waals surface area contributed by atoms with E-state index in [9.17, 15) is 17.9 Å². The Morgan fingerprint density at radius 2 is 2.12 bits per heavy atom. The predicted molar refractivity (Wildman–Crippen MR) is 63.2 cm³/mol. The van der Waals surface area contributed by atoms with Gasteiger partial charge in [0.2, 0.25) is 0 Å². The Labute approximate surface area is 106 Å². The quantitative estimate of drug-likeness (QED) is 0.885. The van der Waals surface area contributed by atoms with Crippen LogP contribution in [0.1, 0.15) is 0 Å². The summed E-state index contributed by atoms with van der Waals surface area (Å²) in [7, 11) is -3.27. The molecule has 1 aliphatic rings. The summed E-state index contributed by atoms with van der Waals surface area (Å²) in [4.78, 5) is 0. The highest BCUT2D eigenvalue weighted by Crippen LogP contribution is 2.28. The van der Waals surface area contributed by atoms with E-state index in [0.717, 1.165) is 6.07 Å². The van der Waals surface area contributed by atoms with Gasteiger partial charge in [0.05, 0.1) is 16.0 Å². The first-order valence-electron chi connectivity index (χ1n) is 4.87. The summed E-state index contributed by atoms with van der Waals surface area (Å²) in [6, 6.07) is 3.85.